The number of aryl methyl sites for hydroxylation is 2. The fourth-order valence-corrected chi connectivity index (χ4v) is 5.21. The lowest BCUT2D eigenvalue weighted by Crippen LogP contribution is -3.13. The summed E-state index contributed by atoms with van der Waals surface area (Å²) in [4.78, 5) is 19.6. The number of nitrogens with one attached hydrogen (secondary N) is 2. The summed E-state index contributed by atoms with van der Waals surface area (Å²) < 4.78 is 0. The lowest BCUT2D eigenvalue weighted by Gasteiger charge is -2.23. The molecule has 1 aromatic rings. The first-order chi connectivity index (χ1) is 14.7. The van der Waals surface area contributed by atoms with Crippen LogP contribution in [0.5, 0.6) is 0 Å². The highest BCUT2D eigenvalue weighted by Gasteiger charge is 2.26. The molecule has 0 unspecified atom stereocenters. The lowest BCUT2D eigenvalue weighted by molar-refractivity contribution is -0.892. The van der Waals surface area contributed by atoms with Gasteiger partial charge in [0.05, 0.1) is 18.8 Å². The maximum Gasteiger partial charge on any atom is 0.279 e. The minimum absolute atomic E-state index is 0.212. The molecule has 2 N–H and O–H groups in total. The highest BCUT2D eigenvalue weighted by Crippen LogP contribution is 2.35. The van der Waals surface area contributed by atoms with E-state index in [1.807, 2.05) is 0 Å². The van der Waals surface area contributed by atoms with E-state index >= 15 is 0 Å². The molecule has 30 heavy (non-hydrogen) atoms. The van der Waals surface area contributed by atoms with Gasteiger partial charge in [-0.15, -0.1) is 0 Å². The molecule has 4 nitrogen and oxygen atoms in total. The first-order valence-electron chi connectivity index (χ1n) is 12.9. The Kier molecular flexibility index (Phi) is 9.64. The Balaban J connectivity index is 1.63. The highest BCUT2D eigenvalue weighted by molar-refractivity contribution is 5.93. The Hall–Kier alpha value is -1.42. The van der Waals surface area contributed by atoms with Gasteiger partial charge < -0.3 is 10.2 Å². The van der Waals surface area contributed by atoms with Gasteiger partial charge in [0.15, 0.2) is 6.54 Å². The Morgan fingerprint density at radius 1 is 0.800 bits per heavy atom. The van der Waals surface area contributed by atoms with Crippen LogP contribution in [-0.4, -0.2) is 30.5 Å². The van der Waals surface area contributed by atoms with Gasteiger partial charge in [0, 0.05) is 11.4 Å². The van der Waals surface area contributed by atoms with Crippen molar-refractivity contribution in [3.05, 3.63) is 22.5 Å². The third-order valence-electron chi connectivity index (χ3n) is 6.94. The van der Waals surface area contributed by atoms with Crippen LogP contribution in [0.2, 0.25) is 0 Å². The van der Waals surface area contributed by atoms with Crippen molar-refractivity contribution in [2.45, 2.75) is 110 Å². The summed E-state index contributed by atoms with van der Waals surface area (Å²) in [6, 6.07) is 0. The fourth-order valence-electron chi connectivity index (χ4n) is 5.21. The molecule has 2 aliphatic rings. The molecule has 0 aliphatic heterocycles. The van der Waals surface area contributed by atoms with Crippen LogP contribution in [0.25, 0.3) is 0 Å². The number of anilines is 1. The SMILES string of the molecule is CCCCCC[NH+](CCCCCC)CC(=O)Nc1c2c(nc3c1CCC3)CCCC2. The van der Waals surface area contributed by atoms with E-state index in [2.05, 4.69) is 19.2 Å². The Labute approximate surface area is 184 Å². The highest BCUT2D eigenvalue weighted by atomic mass is 16.2. The van der Waals surface area contributed by atoms with Crippen molar-refractivity contribution in [1.29, 1.82) is 0 Å². The van der Waals surface area contributed by atoms with E-state index in [4.69, 9.17) is 4.98 Å². The predicted octanol–water partition coefficient (Wildman–Crippen LogP) is 4.43. The minimum atomic E-state index is 0.212. The molecular weight excluding hydrogens is 370 g/mol. The molecule has 0 spiro atoms. The fraction of sp³-hybridized carbons (Fsp3) is 0.769. The van der Waals surface area contributed by atoms with Gasteiger partial charge in [-0.2, -0.15) is 0 Å². The quantitative estimate of drug-likeness (QED) is 0.469. The number of aromatic nitrogens is 1. The van der Waals surface area contributed by atoms with E-state index in [0.29, 0.717) is 6.54 Å². The minimum Gasteiger partial charge on any atom is -0.327 e. The maximum atomic E-state index is 13.1. The second-order valence-electron chi connectivity index (χ2n) is 9.49. The van der Waals surface area contributed by atoms with Crippen molar-refractivity contribution in [2.75, 3.05) is 25.0 Å². The summed E-state index contributed by atoms with van der Waals surface area (Å²) in [7, 11) is 0. The zero-order valence-electron chi connectivity index (χ0n) is 19.6. The van der Waals surface area contributed by atoms with Gasteiger partial charge in [-0.3, -0.25) is 9.78 Å². The van der Waals surface area contributed by atoms with Crippen LogP contribution in [0, 0.1) is 0 Å². The van der Waals surface area contributed by atoms with Crippen molar-refractivity contribution in [2.24, 2.45) is 0 Å². The molecule has 0 aromatic carbocycles. The molecule has 0 radical (unpaired) electrons. The molecule has 0 saturated carbocycles. The number of unbranched alkanes of at least 4 members (excludes halogenated alkanes) is 6. The number of rotatable bonds is 13. The molecular formula is C26H44N3O+. The summed E-state index contributed by atoms with van der Waals surface area (Å²) in [6.07, 6.45) is 18.2. The van der Waals surface area contributed by atoms with Crippen molar-refractivity contribution in [1.82, 2.24) is 4.98 Å². The average Bonchev–Trinajstić information content (AvgIpc) is 3.22. The summed E-state index contributed by atoms with van der Waals surface area (Å²) in [6.45, 7) is 7.40. The normalized spacial score (nSPS) is 15.3. The van der Waals surface area contributed by atoms with Crippen LogP contribution >= 0.6 is 0 Å². The van der Waals surface area contributed by atoms with Crippen LogP contribution in [0.3, 0.4) is 0 Å². The molecule has 1 aromatic heterocycles. The van der Waals surface area contributed by atoms with Gasteiger partial charge >= 0.3 is 0 Å². The first kappa shape index (κ1) is 23.2. The van der Waals surface area contributed by atoms with E-state index in [0.717, 1.165) is 44.5 Å². The van der Waals surface area contributed by atoms with Crippen molar-refractivity contribution in [3.63, 3.8) is 0 Å². The summed E-state index contributed by atoms with van der Waals surface area (Å²) >= 11 is 0. The number of hydrogen-bond acceptors (Lipinski definition) is 2. The zero-order chi connectivity index (χ0) is 21.2. The van der Waals surface area contributed by atoms with E-state index in [1.54, 1.807) is 0 Å². The number of amides is 1. The van der Waals surface area contributed by atoms with Crippen molar-refractivity contribution < 1.29 is 9.69 Å². The third-order valence-corrected chi connectivity index (χ3v) is 6.94. The monoisotopic (exact) mass is 414 g/mol. The van der Waals surface area contributed by atoms with E-state index in [-0.39, 0.29) is 5.91 Å². The van der Waals surface area contributed by atoms with Gasteiger partial charge in [-0.05, 0) is 81.8 Å². The molecule has 3 rings (SSSR count). The summed E-state index contributed by atoms with van der Waals surface area (Å²) in [5, 5.41) is 3.40. The summed E-state index contributed by atoms with van der Waals surface area (Å²) in [5.41, 5.74) is 6.38. The second kappa shape index (κ2) is 12.4. The standard InChI is InChI=1S/C26H43N3O/c1-3-5-7-11-18-29(19-12-8-6-4-2)20-25(30)28-26-21-14-9-10-16-23(21)27-24-17-13-15-22(24)26/h3-20H2,1-2H3,(H,27,28,30)/p+1. The third kappa shape index (κ3) is 6.54. The first-order valence-corrected chi connectivity index (χ1v) is 12.9. The van der Waals surface area contributed by atoms with Crippen molar-refractivity contribution in [3.8, 4) is 0 Å². The number of hydrogen-bond donors (Lipinski definition) is 2. The topological polar surface area (TPSA) is 46.4 Å². The summed E-state index contributed by atoms with van der Waals surface area (Å²) in [5.74, 6) is 0.212. The smallest absolute Gasteiger partial charge is 0.279 e. The van der Waals surface area contributed by atoms with Crippen LogP contribution in [0.15, 0.2) is 0 Å². The lowest BCUT2D eigenvalue weighted by atomic mass is 9.92. The van der Waals surface area contributed by atoms with E-state index < -0.39 is 0 Å². The number of pyridine rings is 1. The Bertz CT molecular complexity index is 673. The predicted molar refractivity (Wildman–Crippen MR) is 125 cm³/mol. The van der Waals surface area contributed by atoms with Crippen LogP contribution in [0.4, 0.5) is 5.69 Å². The molecule has 0 bridgehead atoms. The molecule has 1 amide bonds. The van der Waals surface area contributed by atoms with Crippen LogP contribution < -0.4 is 10.2 Å². The molecule has 1 heterocycles. The number of fused-ring (bicyclic) bond motifs is 2. The maximum absolute atomic E-state index is 13.1. The molecule has 4 heteroatoms. The molecule has 0 atom stereocenters. The number of carbonyl (C=O) groups is 1. The van der Waals surface area contributed by atoms with Crippen LogP contribution in [0.1, 0.15) is 107 Å². The van der Waals surface area contributed by atoms with Gasteiger partial charge in [0.25, 0.3) is 5.91 Å². The molecule has 0 saturated heterocycles. The second-order valence-corrected chi connectivity index (χ2v) is 9.49. The molecule has 2 aliphatic carbocycles. The van der Waals surface area contributed by atoms with Gasteiger partial charge in [0.2, 0.25) is 0 Å². The van der Waals surface area contributed by atoms with Gasteiger partial charge in [0.1, 0.15) is 0 Å². The molecule has 168 valence electrons. The van der Waals surface area contributed by atoms with E-state index in [9.17, 15) is 4.79 Å². The zero-order valence-corrected chi connectivity index (χ0v) is 19.6. The molecule has 0 fully saturated rings. The average molecular weight is 415 g/mol. The number of quaternary nitrogens is 1. The Morgan fingerprint density at radius 2 is 1.37 bits per heavy atom. The van der Waals surface area contributed by atoms with E-state index in [1.165, 1.54) is 98.0 Å². The van der Waals surface area contributed by atoms with Crippen LogP contribution in [-0.2, 0) is 30.5 Å². The Morgan fingerprint density at radius 3 is 2.00 bits per heavy atom. The van der Waals surface area contributed by atoms with Gasteiger partial charge in [-0.25, -0.2) is 0 Å². The van der Waals surface area contributed by atoms with Crippen molar-refractivity contribution >= 4 is 11.6 Å². The van der Waals surface area contributed by atoms with Gasteiger partial charge in [-0.1, -0.05) is 39.5 Å². The number of carbonyl (C=O) groups excluding carboxylic acids is 1. The number of nitrogens with zero attached hydrogens (tertiary/aromatic N) is 1. The largest absolute Gasteiger partial charge is 0.327 e.